The number of nitrogens with zero attached hydrogens (tertiary/aromatic N) is 2. The quantitative estimate of drug-likeness (QED) is 0.795. The molecule has 0 fully saturated rings. The van der Waals surface area contributed by atoms with Crippen molar-refractivity contribution in [1.82, 2.24) is 19.6 Å². The molecule has 1 unspecified atom stereocenters. The summed E-state index contributed by atoms with van der Waals surface area (Å²) in [4.78, 5) is 8.61. The number of aryl methyl sites for hydroxylation is 1. The molecular formula is C11H22N4O2S. The molecular weight excluding hydrogens is 252 g/mol. The Morgan fingerprint density at radius 1 is 1.44 bits per heavy atom. The van der Waals surface area contributed by atoms with Crippen LogP contribution in [0.5, 0.6) is 0 Å². The summed E-state index contributed by atoms with van der Waals surface area (Å²) in [7, 11) is 0.317. The van der Waals surface area contributed by atoms with E-state index in [2.05, 4.69) is 14.7 Å². The zero-order valence-electron chi connectivity index (χ0n) is 11.6. The summed E-state index contributed by atoms with van der Waals surface area (Å²) >= 11 is 0. The lowest BCUT2D eigenvalue weighted by atomic mass is 10.1. The van der Waals surface area contributed by atoms with Crippen molar-refractivity contribution in [2.45, 2.75) is 31.8 Å². The number of hydrogen-bond acceptors (Lipinski definition) is 4. The molecule has 1 aromatic rings. The SMILES string of the molecule is Cc1ncc(S(=O)(=O)NC(CN(C)C)C(C)C)[nH]1. The molecule has 0 spiro atoms. The largest absolute Gasteiger partial charge is 0.332 e. The third-order valence-corrected chi connectivity index (χ3v) is 4.04. The highest BCUT2D eigenvalue weighted by Crippen LogP contribution is 2.10. The zero-order chi connectivity index (χ0) is 13.9. The molecule has 0 aliphatic rings. The Balaban J connectivity index is 2.86. The number of nitrogens with one attached hydrogen (secondary N) is 2. The number of aromatic nitrogens is 2. The number of sulfonamides is 1. The Bertz CT molecular complexity index is 479. The highest BCUT2D eigenvalue weighted by atomic mass is 32.2. The smallest absolute Gasteiger partial charge is 0.257 e. The molecule has 0 bridgehead atoms. The number of rotatable bonds is 6. The van der Waals surface area contributed by atoms with Gasteiger partial charge in [0.25, 0.3) is 10.0 Å². The van der Waals surface area contributed by atoms with Gasteiger partial charge in [0, 0.05) is 12.6 Å². The Labute approximate surface area is 109 Å². The molecule has 1 rings (SSSR count). The van der Waals surface area contributed by atoms with Crippen molar-refractivity contribution in [1.29, 1.82) is 0 Å². The van der Waals surface area contributed by atoms with Crippen LogP contribution in [0.25, 0.3) is 0 Å². The maximum Gasteiger partial charge on any atom is 0.257 e. The summed E-state index contributed by atoms with van der Waals surface area (Å²) in [6, 6.07) is -0.131. The predicted octanol–water partition coefficient (Wildman–Crippen LogP) is 0.583. The van der Waals surface area contributed by atoms with Crippen LogP contribution in [-0.2, 0) is 10.0 Å². The van der Waals surface area contributed by atoms with Crippen LogP contribution in [0.4, 0.5) is 0 Å². The molecule has 6 nitrogen and oxygen atoms in total. The highest BCUT2D eigenvalue weighted by Gasteiger charge is 2.24. The molecule has 1 aromatic heterocycles. The lowest BCUT2D eigenvalue weighted by Gasteiger charge is -2.25. The Morgan fingerprint density at radius 2 is 2.06 bits per heavy atom. The maximum atomic E-state index is 12.1. The fourth-order valence-electron chi connectivity index (χ4n) is 1.58. The van der Waals surface area contributed by atoms with Crippen LogP contribution in [0.3, 0.4) is 0 Å². The van der Waals surface area contributed by atoms with Gasteiger partial charge < -0.3 is 9.88 Å². The van der Waals surface area contributed by atoms with Gasteiger partial charge in [-0.05, 0) is 26.9 Å². The van der Waals surface area contributed by atoms with Crippen molar-refractivity contribution in [3.05, 3.63) is 12.0 Å². The first kappa shape index (κ1) is 15.1. The summed E-state index contributed by atoms with van der Waals surface area (Å²) < 4.78 is 27.0. The van der Waals surface area contributed by atoms with Crippen molar-refractivity contribution < 1.29 is 8.42 Å². The molecule has 7 heteroatoms. The van der Waals surface area contributed by atoms with E-state index in [0.717, 1.165) is 0 Å². The maximum absolute atomic E-state index is 12.1. The molecule has 1 atom stereocenters. The van der Waals surface area contributed by atoms with Crippen molar-refractivity contribution in [2.75, 3.05) is 20.6 Å². The lowest BCUT2D eigenvalue weighted by molar-refractivity contribution is 0.314. The number of likely N-dealkylation sites (N-methyl/N-ethyl adjacent to an activating group) is 1. The van der Waals surface area contributed by atoms with Crippen LogP contribution < -0.4 is 4.72 Å². The topological polar surface area (TPSA) is 78.1 Å². The fraction of sp³-hybridized carbons (Fsp3) is 0.727. The van der Waals surface area contributed by atoms with Crippen molar-refractivity contribution in [3.63, 3.8) is 0 Å². The Kier molecular flexibility index (Phi) is 4.89. The van der Waals surface area contributed by atoms with Crippen molar-refractivity contribution in [3.8, 4) is 0 Å². The van der Waals surface area contributed by atoms with Crippen LogP contribution in [-0.4, -0.2) is 50.0 Å². The second kappa shape index (κ2) is 5.81. The Morgan fingerprint density at radius 3 is 2.44 bits per heavy atom. The second-order valence-corrected chi connectivity index (χ2v) is 6.75. The molecule has 18 heavy (non-hydrogen) atoms. The van der Waals surface area contributed by atoms with Gasteiger partial charge in [0.1, 0.15) is 5.82 Å². The third kappa shape index (κ3) is 4.08. The predicted molar refractivity (Wildman–Crippen MR) is 70.8 cm³/mol. The lowest BCUT2D eigenvalue weighted by Crippen LogP contribution is -2.44. The van der Waals surface area contributed by atoms with Crippen molar-refractivity contribution in [2.24, 2.45) is 5.92 Å². The molecule has 1 heterocycles. The monoisotopic (exact) mass is 274 g/mol. The van der Waals surface area contributed by atoms with Gasteiger partial charge >= 0.3 is 0 Å². The number of hydrogen-bond donors (Lipinski definition) is 2. The average Bonchev–Trinajstić information content (AvgIpc) is 2.63. The van der Waals surface area contributed by atoms with Gasteiger partial charge in [0.05, 0.1) is 6.20 Å². The average molecular weight is 274 g/mol. The van der Waals surface area contributed by atoms with Gasteiger partial charge in [0.15, 0.2) is 5.03 Å². The van der Waals surface area contributed by atoms with Crippen LogP contribution in [0, 0.1) is 12.8 Å². The molecule has 0 amide bonds. The van der Waals surface area contributed by atoms with E-state index in [-0.39, 0.29) is 17.0 Å². The number of H-pyrrole nitrogens is 1. The number of imidazole rings is 1. The molecule has 104 valence electrons. The van der Waals surface area contributed by atoms with E-state index in [9.17, 15) is 8.42 Å². The molecule has 0 aliphatic heterocycles. The van der Waals surface area contributed by atoms with Crippen LogP contribution in [0.15, 0.2) is 11.2 Å². The first-order chi connectivity index (χ1) is 8.22. The highest BCUT2D eigenvalue weighted by molar-refractivity contribution is 7.89. The molecule has 2 N–H and O–H groups in total. The van der Waals surface area contributed by atoms with E-state index >= 15 is 0 Å². The zero-order valence-corrected chi connectivity index (χ0v) is 12.4. The second-order valence-electron chi connectivity index (χ2n) is 5.07. The van der Waals surface area contributed by atoms with Gasteiger partial charge in [-0.1, -0.05) is 13.8 Å². The van der Waals surface area contributed by atoms with Gasteiger partial charge in [-0.2, -0.15) is 0 Å². The summed E-state index contributed by atoms with van der Waals surface area (Å²) in [5.41, 5.74) is 0. The van der Waals surface area contributed by atoms with Gasteiger partial charge in [-0.25, -0.2) is 18.1 Å². The van der Waals surface area contributed by atoms with E-state index in [4.69, 9.17) is 0 Å². The van der Waals surface area contributed by atoms with Crippen LogP contribution >= 0.6 is 0 Å². The van der Waals surface area contributed by atoms with Gasteiger partial charge in [-0.3, -0.25) is 0 Å². The summed E-state index contributed by atoms with van der Waals surface area (Å²) in [6.07, 6.45) is 1.34. The fourth-order valence-corrected chi connectivity index (χ4v) is 2.92. The third-order valence-electron chi connectivity index (χ3n) is 2.64. The first-order valence-corrected chi connectivity index (χ1v) is 7.39. The normalized spacial score (nSPS) is 14.4. The minimum Gasteiger partial charge on any atom is -0.332 e. The van der Waals surface area contributed by atoms with E-state index < -0.39 is 10.0 Å². The standard InChI is InChI=1S/C11H22N4O2S/c1-8(2)10(7-15(4)5)14-18(16,17)11-6-12-9(3)13-11/h6,8,10,14H,7H2,1-5H3,(H,12,13). The minimum atomic E-state index is -3.52. The molecule has 0 radical (unpaired) electrons. The first-order valence-electron chi connectivity index (χ1n) is 5.91. The summed E-state index contributed by atoms with van der Waals surface area (Å²) in [5, 5.41) is 0.115. The van der Waals surface area contributed by atoms with Crippen LogP contribution in [0.2, 0.25) is 0 Å². The van der Waals surface area contributed by atoms with Crippen LogP contribution in [0.1, 0.15) is 19.7 Å². The van der Waals surface area contributed by atoms with E-state index in [0.29, 0.717) is 12.4 Å². The van der Waals surface area contributed by atoms with Crippen molar-refractivity contribution >= 4 is 10.0 Å². The van der Waals surface area contributed by atoms with E-state index in [1.54, 1.807) is 6.92 Å². The Hall–Kier alpha value is -0.920. The number of aromatic amines is 1. The molecule has 0 aromatic carbocycles. The molecule has 0 saturated carbocycles. The summed E-state index contributed by atoms with van der Waals surface area (Å²) in [5.74, 6) is 0.801. The summed E-state index contributed by atoms with van der Waals surface area (Å²) in [6.45, 7) is 6.37. The molecule has 0 saturated heterocycles. The van der Waals surface area contributed by atoms with E-state index in [1.807, 2.05) is 32.8 Å². The van der Waals surface area contributed by atoms with E-state index in [1.165, 1.54) is 6.20 Å². The van der Waals surface area contributed by atoms with Gasteiger partial charge in [0.2, 0.25) is 0 Å². The minimum absolute atomic E-state index is 0.115. The van der Waals surface area contributed by atoms with Gasteiger partial charge in [-0.15, -0.1) is 0 Å². The molecule has 0 aliphatic carbocycles.